The Labute approximate surface area is 224 Å². The predicted octanol–water partition coefficient (Wildman–Crippen LogP) is 3.75. The quantitative estimate of drug-likeness (QED) is 0.241. The summed E-state index contributed by atoms with van der Waals surface area (Å²) in [6.07, 6.45) is 8.83. The number of carboxylic acid groups (broad SMARTS) is 1. The summed E-state index contributed by atoms with van der Waals surface area (Å²) in [5, 5.41) is 8.27. The Morgan fingerprint density at radius 3 is 2.61 bits per heavy atom. The van der Waals surface area contributed by atoms with Crippen molar-refractivity contribution in [3.63, 3.8) is 0 Å². The van der Waals surface area contributed by atoms with Crippen LogP contribution in [0, 0.1) is 11.7 Å². The van der Waals surface area contributed by atoms with Crippen molar-refractivity contribution in [2.24, 2.45) is 17.5 Å². The highest BCUT2D eigenvalue weighted by molar-refractivity contribution is 5.66. The number of hydrazine groups is 1. The van der Waals surface area contributed by atoms with E-state index >= 15 is 4.39 Å². The molecular weight excluding hydrogens is 487 g/mol. The van der Waals surface area contributed by atoms with E-state index in [-0.39, 0.29) is 30.1 Å². The minimum absolute atomic E-state index is 0.146. The number of rotatable bonds is 10. The molecule has 1 fully saturated rings. The Balaban J connectivity index is 0.00000161. The van der Waals surface area contributed by atoms with E-state index in [0.717, 1.165) is 50.8 Å². The lowest BCUT2D eigenvalue weighted by molar-refractivity contribution is -0.122. The highest BCUT2D eigenvalue weighted by atomic mass is 19.1. The molecule has 1 aliphatic heterocycles. The van der Waals surface area contributed by atoms with Crippen LogP contribution in [0.25, 0.3) is 5.70 Å². The van der Waals surface area contributed by atoms with E-state index in [1.54, 1.807) is 17.7 Å². The second-order valence-electron chi connectivity index (χ2n) is 9.71. The second kappa shape index (κ2) is 15.1. The normalized spacial score (nSPS) is 15.8. The van der Waals surface area contributed by atoms with Crippen LogP contribution >= 0.6 is 0 Å². The van der Waals surface area contributed by atoms with Gasteiger partial charge in [-0.15, -0.1) is 0 Å². The van der Waals surface area contributed by atoms with Crippen molar-refractivity contribution in [1.82, 2.24) is 14.6 Å². The third kappa shape index (κ3) is 8.05. The smallest absolute Gasteiger partial charge is 0.290 e. The van der Waals surface area contributed by atoms with Crippen LogP contribution in [0.3, 0.4) is 0 Å². The molecule has 1 saturated heterocycles. The summed E-state index contributed by atoms with van der Waals surface area (Å²) in [4.78, 5) is 27.8. The molecule has 0 radical (unpaired) electrons. The first kappa shape index (κ1) is 30.8. The fourth-order valence-corrected chi connectivity index (χ4v) is 5.02. The zero-order chi connectivity index (χ0) is 28.2. The van der Waals surface area contributed by atoms with Crippen LogP contribution in [0.15, 0.2) is 34.9 Å². The van der Waals surface area contributed by atoms with E-state index in [2.05, 4.69) is 18.7 Å². The Kier molecular flexibility index (Phi) is 12.3. The van der Waals surface area contributed by atoms with Gasteiger partial charge in [0.15, 0.2) is 5.82 Å². The summed E-state index contributed by atoms with van der Waals surface area (Å²) in [6, 6.07) is 4.81. The topological polar surface area (TPSA) is 131 Å². The van der Waals surface area contributed by atoms with Crippen LogP contribution in [0.2, 0.25) is 0 Å². The molecule has 38 heavy (non-hydrogen) atoms. The molecular formula is C28H43FN6O3. The molecule has 2 aromatic heterocycles. The summed E-state index contributed by atoms with van der Waals surface area (Å²) in [5.74, 6) is 6.39. The van der Waals surface area contributed by atoms with E-state index in [0.29, 0.717) is 35.1 Å². The third-order valence-electron chi connectivity index (χ3n) is 6.80. The van der Waals surface area contributed by atoms with Gasteiger partial charge in [0.05, 0.1) is 35.0 Å². The number of hydrogen-bond donors (Lipinski definition) is 3. The highest BCUT2D eigenvalue weighted by Crippen LogP contribution is 2.31. The molecule has 2 aromatic rings. The first-order chi connectivity index (χ1) is 18.2. The first-order valence-electron chi connectivity index (χ1n) is 13.4. The van der Waals surface area contributed by atoms with Crippen LogP contribution in [-0.4, -0.2) is 46.3 Å². The lowest BCUT2D eigenvalue weighted by Gasteiger charge is -2.35. The number of halogens is 1. The van der Waals surface area contributed by atoms with Crippen LogP contribution in [0.4, 0.5) is 10.1 Å². The molecule has 0 saturated carbocycles. The van der Waals surface area contributed by atoms with E-state index in [9.17, 15) is 4.79 Å². The number of pyridine rings is 2. The van der Waals surface area contributed by atoms with Gasteiger partial charge >= 0.3 is 0 Å². The number of anilines is 1. The number of hydrogen-bond acceptors (Lipinski definition) is 7. The van der Waals surface area contributed by atoms with Gasteiger partial charge < -0.3 is 25.3 Å². The minimum atomic E-state index is -0.312. The summed E-state index contributed by atoms with van der Waals surface area (Å²) >= 11 is 0. The fourth-order valence-electron chi connectivity index (χ4n) is 5.02. The lowest BCUT2D eigenvalue weighted by atomic mass is 9.93. The standard InChI is InChI=1S/C27H41FN6O.CH2O2/c1-5-9-19-11-8-14-33(16-19)27-21(28)15-23(31-22(27)7-3)26(29)24(32(4)30)18-34-17-20(10-6-2)12-13-25(34)35;2-1-3/h12-13,15,17,19H,5-11,14,16,18,29-30H2,1-4H3;1H,(H,2,3)/b26-24-;. The predicted molar refractivity (Wildman–Crippen MR) is 150 cm³/mol. The number of nitrogens with zero attached hydrogens (tertiary/aromatic N) is 4. The van der Waals surface area contributed by atoms with Crippen molar-refractivity contribution >= 4 is 17.9 Å². The number of aryl methyl sites for hydroxylation is 2. The van der Waals surface area contributed by atoms with Gasteiger partial charge in [-0.2, -0.15) is 0 Å². The van der Waals surface area contributed by atoms with Crippen molar-refractivity contribution in [1.29, 1.82) is 0 Å². The van der Waals surface area contributed by atoms with Gasteiger partial charge in [-0.3, -0.25) is 9.59 Å². The summed E-state index contributed by atoms with van der Waals surface area (Å²) < 4.78 is 17.2. The van der Waals surface area contributed by atoms with E-state index in [4.69, 9.17) is 26.5 Å². The molecule has 3 rings (SSSR count). The SMILES string of the molecule is CCCc1ccc(=O)n(C/C(=C(/N)c2cc(F)c(N3CCCC(CCC)C3)c(CC)n2)N(C)N)c1.O=CO. The zero-order valence-corrected chi connectivity index (χ0v) is 23.1. The molecule has 1 atom stereocenters. The molecule has 1 unspecified atom stereocenters. The number of carbonyl (C=O) groups is 1. The van der Waals surface area contributed by atoms with Crippen LogP contribution in [0.5, 0.6) is 0 Å². The molecule has 9 nitrogen and oxygen atoms in total. The van der Waals surface area contributed by atoms with Gasteiger partial charge in [0.1, 0.15) is 0 Å². The highest BCUT2D eigenvalue weighted by Gasteiger charge is 2.25. The van der Waals surface area contributed by atoms with Crippen molar-refractivity contribution in [3.8, 4) is 0 Å². The molecule has 1 aliphatic rings. The largest absolute Gasteiger partial charge is 0.483 e. The Bertz CT molecular complexity index is 1150. The van der Waals surface area contributed by atoms with Gasteiger partial charge in [0.25, 0.3) is 12.0 Å². The number of likely N-dealkylation sites (N-methyl/N-ethyl adjacent to an activating group) is 1. The van der Waals surface area contributed by atoms with Gasteiger partial charge in [-0.1, -0.05) is 39.7 Å². The van der Waals surface area contributed by atoms with Crippen LogP contribution < -0.4 is 22.0 Å². The molecule has 3 heterocycles. The molecule has 0 aliphatic carbocycles. The number of piperidine rings is 1. The first-order valence-corrected chi connectivity index (χ1v) is 13.4. The van der Waals surface area contributed by atoms with Crippen molar-refractivity contribution in [2.45, 2.75) is 72.3 Å². The number of nitrogens with two attached hydrogens (primary N) is 2. The van der Waals surface area contributed by atoms with Gasteiger partial charge in [-0.25, -0.2) is 15.2 Å². The molecule has 210 valence electrons. The maximum Gasteiger partial charge on any atom is 0.290 e. The molecule has 0 spiro atoms. The van der Waals surface area contributed by atoms with Crippen LogP contribution in [-0.2, 0) is 24.2 Å². The lowest BCUT2D eigenvalue weighted by Crippen LogP contribution is -2.37. The van der Waals surface area contributed by atoms with E-state index in [1.165, 1.54) is 17.5 Å². The number of aromatic nitrogens is 2. The summed E-state index contributed by atoms with van der Waals surface area (Å²) in [7, 11) is 1.66. The Hall–Kier alpha value is -3.40. The summed E-state index contributed by atoms with van der Waals surface area (Å²) in [6.45, 7) is 7.89. The second-order valence-corrected chi connectivity index (χ2v) is 9.71. The molecule has 10 heteroatoms. The molecule has 0 aromatic carbocycles. The Morgan fingerprint density at radius 2 is 2.00 bits per heavy atom. The van der Waals surface area contributed by atoms with Gasteiger partial charge in [0, 0.05) is 38.5 Å². The zero-order valence-electron chi connectivity index (χ0n) is 23.1. The number of allylic oxidation sites excluding steroid dienone is 1. The molecule has 0 bridgehead atoms. The van der Waals surface area contributed by atoms with Gasteiger partial charge in [0.2, 0.25) is 0 Å². The van der Waals surface area contributed by atoms with Crippen molar-refractivity contribution in [2.75, 3.05) is 25.0 Å². The van der Waals surface area contributed by atoms with E-state index < -0.39 is 0 Å². The minimum Gasteiger partial charge on any atom is -0.483 e. The monoisotopic (exact) mass is 530 g/mol. The fraction of sp³-hybridized carbons (Fsp3) is 0.536. The maximum absolute atomic E-state index is 15.6. The van der Waals surface area contributed by atoms with Crippen LogP contribution in [0.1, 0.15) is 69.8 Å². The average Bonchev–Trinajstić information content (AvgIpc) is 2.88. The molecule has 5 N–H and O–H groups in total. The average molecular weight is 531 g/mol. The molecule has 0 amide bonds. The Morgan fingerprint density at radius 1 is 1.29 bits per heavy atom. The van der Waals surface area contributed by atoms with E-state index in [1.807, 2.05) is 19.2 Å². The summed E-state index contributed by atoms with van der Waals surface area (Å²) in [5.41, 5.74) is 9.84. The van der Waals surface area contributed by atoms with Crippen molar-refractivity contribution < 1.29 is 14.3 Å². The van der Waals surface area contributed by atoms with Gasteiger partial charge in [-0.05, 0) is 43.6 Å². The maximum atomic E-state index is 15.6. The third-order valence-corrected chi connectivity index (χ3v) is 6.80. The van der Waals surface area contributed by atoms with Crippen molar-refractivity contribution in [3.05, 3.63) is 63.2 Å².